The van der Waals surface area contributed by atoms with Gasteiger partial charge in [0.15, 0.2) is 0 Å². The zero-order valence-electron chi connectivity index (χ0n) is 23.8. The van der Waals surface area contributed by atoms with Gasteiger partial charge in [-0.2, -0.15) is 0 Å². The first kappa shape index (κ1) is 28.4. The van der Waals surface area contributed by atoms with Crippen molar-refractivity contribution in [3.8, 4) is 0 Å². The lowest BCUT2D eigenvalue weighted by Crippen LogP contribution is -2.44. The molecule has 0 saturated carbocycles. The minimum atomic E-state index is -0.579. The molecule has 4 rings (SSSR count). The van der Waals surface area contributed by atoms with Gasteiger partial charge in [0.05, 0.1) is 6.04 Å². The molecular weight excluding hydrogens is 488 g/mol. The Hall–Kier alpha value is -3.64. The molecule has 1 aliphatic rings. The number of carbonyl (C=O) groups excluding carboxylic acids is 2. The minimum Gasteiger partial charge on any atom is -0.459 e. The number of benzene rings is 3. The van der Waals surface area contributed by atoms with Crippen LogP contribution in [0.4, 0.5) is 5.69 Å². The number of hydrogen-bond donors (Lipinski definition) is 0. The standard InChI is InChI=1S/C33H40N2O4/c1-23(2)28(31(36)38-22-25-17-11-8-12-18-25)34(6)27-20-14-13-19-26(27)29-30(32(37)39-33(3,4)5)35(29)21-24-15-9-7-10-16-24/h7-20,23,28-30H,21-22H2,1-6H3/t28-,29+,30-,35?/m0/s1. The van der Waals surface area contributed by atoms with E-state index in [1.165, 1.54) is 0 Å². The molecule has 3 aromatic rings. The first-order chi connectivity index (χ1) is 18.6. The smallest absolute Gasteiger partial charge is 0.329 e. The van der Waals surface area contributed by atoms with Crippen LogP contribution in [0.3, 0.4) is 0 Å². The van der Waals surface area contributed by atoms with Crippen molar-refractivity contribution in [3.05, 3.63) is 102 Å². The van der Waals surface area contributed by atoms with Crippen molar-refractivity contribution in [2.45, 2.75) is 71.5 Å². The second-order valence-electron chi connectivity index (χ2n) is 11.5. The van der Waals surface area contributed by atoms with Crippen molar-refractivity contribution >= 4 is 17.6 Å². The Morgan fingerprint density at radius 3 is 2.03 bits per heavy atom. The van der Waals surface area contributed by atoms with Crippen LogP contribution in [0.1, 0.15) is 57.4 Å². The van der Waals surface area contributed by atoms with Crippen LogP contribution in [-0.2, 0) is 32.2 Å². The van der Waals surface area contributed by atoms with Crippen molar-refractivity contribution in [3.63, 3.8) is 0 Å². The van der Waals surface area contributed by atoms with Gasteiger partial charge in [-0.3, -0.25) is 9.69 Å². The topological polar surface area (TPSA) is 58.9 Å². The second kappa shape index (κ2) is 12.0. The third-order valence-electron chi connectivity index (χ3n) is 6.93. The molecule has 39 heavy (non-hydrogen) atoms. The number of rotatable bonds is 10. The number of carbonyl (C=O) groups is 2. The lowest BCUT2D eigenvalue weighted by molar-refractivity contribution is -0.155. The van der Waals surface area contributed by atoms with Crippen LogP contribution in [0.5, 0.6) is 0 Å². The molecule has 1 heterocycles. The van der Waals surface area contributed by atoms with E-state index in [9.17, 15) is 9.59 Å². The summed E-state index contributed by atoms with van der Waals surface area (Å²) in [5.74, 6) is -0.497. The summed E-state index contributed by atoms with van der Waals surface area (Å²) in [6.45, 7) is 10.6. The first-order valence-corrected chi connectivity index (χ1v) is 13.6. The quantitative estimate of drug-likeness (QED) is 0.232. The van der Waals surface area contributed by atoms with Crippen molar-refractivity contribution in [1.29, 1.82) is 0 Å². The monoisotopic (exact) mass is 528 g/mol. The molecule has 1 saturated heterocycles. The van der Waals surface area contributed by atoms with Crippen LogP contribution in [0.25, 0.3) is 0 Å². The van der Waals surface area contributed by atoms with Gasteiger partial charge in [-0.25, -0.2) is 4.79 Å². The van der Waals surface area contributed by atoms with Gasteiger partial charge in [-0.15, -0.1) is 0 Å². The highest BCUT2D eigenvalue weighted by Gasteiger charge is 2.55. The Morgan fingerprint density at radius 1 is 0.872 bits per heavy atom. The molecule has 206 valence electrons. The Kier molecular flexibility index (Phi) is 8.76. The molecule has 0 spiro atoms. The zero-order valence-corrected chi connectivity index (χ0v) is 23.8. The molecule has 0 aliphatic carbocycles. The molecule has 0 bridgehead atoms. The third-order valence-corrected chi connectivity index (χ3v) is 6.93. The van der Waals surface area contributed by atoms with Crippen molar-refractivity contribution in [2.75, 3.05) is 11.9 Å². The fraction of sp³-hybridized carbons (Fsp3) is 0.394. The van der Waals surface area contributed by atoms with E-state index in [0.717, 1.165) is 22.4 Å². The van der Waals surface area contributed by atoms with Gasteiger partial charge in [0.2, 0.25) is 0 Å². The number of nitrogens with zero attached hydrogens (tertiary/aromatic N) is 2. The van der Waals surface area contributed by atoms with Crippen molar-refractivity contribution in [1.82, 2.24) is 4.90 Å². The highest BCUT2D eigenvalue weighted by atomic mass is 16.6. The Morgan fingerprint density at radius 2 is 1.44 bits per heavy atom. The van der Waals surface area contributed by atoms with Gasteiger partial charge in [-0.1, -0.05) is 92.7 Å². The number of ether oxygens (including phenoxy) is 2. The van der Waals surface area contributed by atoms with Gasteiger partial charge in [0, 0.05) is 19.3 Å². The lowest BCUT2D eigenvalue weighted by atomic mass is 9.99. The first-order valence-electron chi connectivity index (χ1n) is 13.6. The normalized spacial score (nSPS) is 19.3. The minimum absolute atomic E-state index is 0.00704. The summed E-state index contributed by atoms with van der Waals surface area (Å²) in [5, 5.41) is 0. The summed E-state index contributed by atoms with van der Waals surface area (Å²) >= 11 is 0. The van der Waals surface area contributed by atoms with E-state index in [-0.39, 0.29) is 30.5 Å². The van der Waals surface area contributed by atoms with E-state index < -0.39 is 17.7 Å². The van der Waals surface area contributed by atoms with Crippen LogP contribution >= 0.6 is 0 Å². The summed E-state index contributed by atoms with van der Waals surface area (Å²) in [6.07, 6.45) is 0. The van der Waals surface area contributed by atoms with Gasteiger partial charge in [0.1, 0.15) is 24.3 Å². The maximum absolute atomic E-state index is 13.4. The van der Waals surface area contributed by atoms with Crippen molar-refractivity contribution in [2.24, 2.45) is 5.92 Å². The zero-order chi connectivity index (χ0) is 28.2. The third kappa shape index (κ3) is 7.07. The predicted octanol–water partition coefficient (Wildman–Crippen LogP) is 6.16. The van der Waals surface area contributed by atoms with Crippen LogP contribution in [-0.4, -0.2) is 41.6 Å². The van der Waals surface area contributed by atoms with Crippen molar-refractivity contribution < 1.29 is 19.1 Å². The van der Waals surface area contributed by atoms with Gasteiger partial charge in [-0.05, 0) is 49.4 Å². The average Bonchev–Trinajstić information content (AvgIpc) is 3.61. The molecule has 1 aliphatic heterocycles. The van der Waals surface area contributed by atoms with Crippen LogP contribution in [0.15, 0.2) is 84.9 Å². The highest BCUT2D eigenvalue weighted by molar-refractivity contribution is 5.84. The fourth-order valence-electron chi connectivity index (χ4n) is 5.14. The summed E-state index contributed by atoms with van der Waals surface area (Å²) < 4.78 is 11.6. The van der Waals surface area contributed by atoms with E-state index in [2.05, 4.69) is 17.0 Å². The molecule has 0 aromatic heterocycles. The van der Waals surface area contributed by atoms with Gasteiger partial charge < -0.3 is 14.4 Å². The summed E-state index contributed by atoms with van der Waals surface area (Å²) in [4.78, 5) is 30.8. The van der Waals surface area contributed by atoms with Crippen LogP contribution < -0.4 is 4.90 Å². The highest BCUT2D eigenvalue weighted by Crippen LogP contribution is 2.48. The summed E-state index contributed by atoms with van der Waals surface area (Å²) in [7, 11) is 1.93. The predicted molar refractivity (Wildman–Crippen MR) is 154 cm³/mol. The van der Waals surface area contributed by atoms with E-state index in [0.29, 0.717) is 6.54 Å². The molecule has 0 N–H and O–H groups in total. The molecule has 1 unspecified atom stereocenters. The molecule has 3 aromatic carbocycles. The summed E-state index contributed by atoms with van der Waals surface area (Å²) in [6, 6.07) is 26.8. The largest absolute Gasteiger partial charge is 0.459 e. The number of hydrogen-bond acceptors (Lipinski definition) is 6. The fourth-order valence-corrected chi connectivity index (χ4v) is 5.14. The molecular formula is C33H40N2O4. The van der Waals surface area contributed by atoms with Crippen LogP contribution in [0, 0.1) is 5.92 Å². The number of anilines is 1. The SMILES string of the molecule is CC(C)[C@@H](C(=O)OCc1ccccc1)N(C)c1ccccc1[C@@H]1[C@@H](C(=O)OC(C)(C)C)N1Cc1ccccc1. The van der Waals surface area contributed by atoms with E-state index in [1.54, 1.807) is 0 Å². The molecule has 6 heteroatoms. The van der Waals surface area contributed by atoms with Gasteiger partial charge >= 0.3 is 11.9 Å². The number of likely N-dealkylation sites (N-methyl/N-ethyl adjacent to an activating group) is 1. The van der Waals surface area contributed by atoms with E-state index in [4.69, 9.17) is 9.47 Å². The molecule has 0 radical (unpaired) electrons. The number of esters is 2. The summed E-state index contributed by atoms with van der Waals surface area (Å²) in [5.41, 5.74) is 3.40. The Labute approximate surface area is 232 Å². The maximum atomic E-state index is 13.4. The molecule has 6 nitrogen and oxygen atoms in total. The maximum Gasteiger partial charge on any atom is 0.329 e. The molecule has 1 fully saturated rings. The molecule has 0 amide bonds. The number of para-hydroxylation sites is 1. The second-order valence-corrected chi connectivity index (χ2v) is 11.5. The Balaban J connectivity index is 1.60. The van der Waals surface area contributed by atoms with Crippen LogP contribution in [0.2, 0.25) is 0 Å². The van der Waals surface area contributed by atoms with Gasteiger partial charge in [0.25, 0.3) is 0 Å². The average molecular weight is 529 g/mol. The van der Waals surface area contributed by atoms with E-state index >= 15 is 0 Å². The Bertz CT molecular complexity index is 1250. The lowest BCUT2D eigenvalue weighted by Gasteiger charge is -2.32. The van der Waals surface area contributed by atoms with E-state index in [1.807, 2.05) is 119 Å². The molecule has 4 atom stereocenters.